The fourth-order valence-electron chi connectivity index (χ4n) is 2.18. The number of nitrogens with zero attached hydrogens (tertiary/aromatic N) is 2. The Kier molecular flexibility index (Phi) is 5.24. The second-order valence-corrected chi connectivity index (χ2v) is 7.33. The Labute approximate surface area is 149 Å². The van der Waals surface area contributed by atoms with Gasteiger partial charge in [0.25, 0.3) is 0 Å². The molecule has 0 aliphatic carbocycles. The first kappa shape index (κ1) is 17.7. The van der Waals surface area contributed by atoms with E-state index in [9.17, 15) is 18.0 Å². The molecule has 25 heavy (non-hydrogen) atoms. The van der Waals surface area contributed by atoms with Crippen molar-refractivity contribution in [3.05, 3.63) is 57.8 Å². The first-order chi connectivity index (χ1) is 11.9. The molecule has 1 saturated heterocycles. The number of carbonyl (C=O) groups is 1. The van der Waals surface area contributed by atoms with Crippen molar-refractivity contribution in [2.75, 3.05) is 0 Å². The van der Waals surface area contributed by atoms with E-state index in [1.165, 1.54) is 17.4 Å². The van der Waals surface area contributed by atoms with E-state index < -0.39 is 17.0 Å². The van der Waals surface area contributed by atoms with Crippen LogP contribution < -0.4 is 5.32 Å². The van der Waals surface area contributed by atoms with Gasteiger partial charge in [-0.1, -0.05) is 36.0 Å². The van der Waals surface area contributed by atoms with Crippen LogP contribution in [0.5, 0.6) is 0 Å². The number of nitrogens with one attached hydrogen (secondary N) is 1. The number of thiophene rings is 1. The molecule has 0 unspecified atom stereocenters. The molecule has 3 rings (SSSR count). The molecule has 0 spiro atoms. The molecular formula is C16H12F3N3OS2. The highest BCUT2D eigenvalue weighted by molar-refractivity contribution is 8.15. The first-order valence-corrected chi connectivity index (χ1v) is 8.96. The Bertz CT molecular complexity index is 816. The molecule has 0 saturated carbocycles. The maximum absolute atomic E-state index is 12.8. The summed E-state index contributed by atoms with van der Waals surface area (Å²) in [6.45, 7) is 0. The van der Waals surface area contributed by atoms with E-state index in [2.05, 4.69) is 15.5 Å². The molecule has 0 bridgehead atoms. The Morgan fingerprint density at radius 3 is 2.80 bits per heavy atom. The lowest BCUT2D eigenvalue weighted by Crippen LogP contribution is -2.26. The van der Waals surface area contributed by atoms with Crippen molar-refractivity contribution >= 4 is 40.4 Å². The van der Waals surface area contributed by atoms with Crippen LogP contribution in [0.3, 0.4) is 0 Å². The number of amidine groups is 1. The third-order valence-corrected chi connectivity index (χ3v) is 5.21. The summed E-state index contributed by atoms with van der Waals surface area (Å²) in [5.41, 5.74) is -0.270. The highest BCUT2D eigenvalue weighted by atomic mass is 32.2. The molecule has 1 aliphatic heterocycles. The second-order valence-electron chi connectivity index (χ2n) is 5.16. The van der Waals surface area contributed by atoms with Gasteiger partial charge in [-0.3, -0.25) is 4.79 Å². The fourth-order valence-corrected chi connectivity index (χ4v) is 3.72. The van der Waals surface area contributed by atoms with Gasteiger partial charge in [0, 0.05) is 4.88 Å². The second kappa shape index (κ2) is 7.40. The topological polar surface area (TPSA) is 53.8 Å². The monoisotopic (exact) mass is 383 g/mol. The number of carbonyl (C=O) groups excluding carboxylic acids is 1. The number of halogens is 3. The summed E-state index contributed by atoms with van der Waals surface area (Å²) >= 11 is 2.67. The summed E-state index contributed by atoms with van der Waals surface area (Å²) < 4.78 is 38.3. The third-order valence-electron chi connectivity index (χ3n) is 3.33. The van der Waals surface area contributed by atoms with Crippen LogP contribution >= 0.6 is 23.1 Å². The Morgan fingerprint density at radius 1 is 1.24 bits per heavy atom. The van der Waals surface area contributed by atoms with E-state index in [1.807, 2.05) is 17.5 Å². The molecule has 4 nitrogen and oxygen atoms in total. The molecule has 9 heteroatoms. The summed E-state index contributed by atoms with van der Waals surface area (Å²) in [5, 5.41) is 12.2. The van der Waals surface area contributed by atoms with E-state index in [4.69, 9.17) is 0 Å². The maximum atomic E-state index is 12.8. The number of amides is 1. The van der Waals surface area contributed by atoms with Gasteiger partial charge in [0.15, 0.2) is 5.17 Å². The van der Waals surface area contributed by atoms with E-state index in [1.54, 1.807) is 12.3 Å². The largest absolute Gasteiger partial charge is 0.416 e. The minimum absolute atomic E-state index is 0.189. The van der Waals surface area contributed by atoms with Crippen molar-refractivity contribution < 1.29 is 18.0 Å². The normalized spacial score (nSPS) is 19.7. The standard InChI is InChI=1S/C16H12F3N3OS2/c17-16(18,19)11-4-1-3-10(7-11)8-13-14(23)21-15(25-13)22-20-9-12-5-2-6-24-12/h1-7,9,13H,8H2,(H,21,22,23)/b20-9-/t13-/m0/s1. The van der Waals surface area contributed by atoms with Crippen molar-refractivity contribution in [1.29, 1.82) is 0 Å². The number of hydrogen-bond acceptors (Lipinski definition) is 5. The number of thioether (sulfide) groups is 1. The van der Waals surface area contributed by atoms with Gasteiger partial charge in [-0.25, -0.2) is 0 Å². The zero-order valence-electron chi connectivity index (χ0n) is 12.7. The predicted molar refractivity (Wildman–Crippen MR) is 94.0 cm³/mol. The van der Waals surface area contributed by atoms with Gasteiger partial charge in [0.1, 0.15) is 0 Å². The van der Waals surface area contributed by atoms with Gasteiger partial charge in [0.05, 0.1) is 17.0 Å². The zero-order valence-corrected chi connectivity index (χ0v) is 14.3. The number of alkyl halides is 3. The number of hydrogen-bond donors (Lipinski definition) is 1. The average Bonchev–Trinajstić information content (AvgIpc) is 3.18. The van der Waals surface area contributed by atoms with Gasteiger partial charge in [0.2, 0.25) is 5.91 Å². The summed E-state index contributed by atoms with van der Waals surface area (Å²) in [5.74, 6) is -0.285. The van der Waals surface area contributed by atoms with E-state index in [0.717, 1.165) is 28.8 Å². The Hall–Kier alpha value is -2.13. The molecule has 2 aromatic rings. The minimum Gasteiger partial charge on any atom is -0.303 e. The molecule has 130 valence electrons. The van der Waals surface area contributed by atoms with E-state index >= 15 is 0 Å². The van der Waals surface area contributed by atoms with Crippen molar-refractivity contribution in [3.8, 4) is 0 Å². The van der Waals surface area contributed by atoms with Gasteiger partial charge in [-0.15, -0.1) is 16.4 Å². The highest BCUT2D eigenvalue weighted by Gasteiger charge is 2.33. The third kappa shape index (κ3) is 4.70. The van der Waals surface area contributed by atoms with Gasteiger partial charge >= 0.3 is 6.18 Å². The molecule has 1 amide bonds. The zero-order chi connectivity index (χ0) is 17.9. The lowest BCUT2D eigenvalue weighted by atomic mass is 10.1. The number of benzene rings is 1. The smallest absolute Gasteiger partial charge is 0.303 e. The lowest BCUT2D eigenvalue weighted by Gasteiger charge is -2.10. The van der Waals surface area contributed by atoms with Crippen molar-refractivity contribution in [3.63, 3.8) is 0 Å². The molecule has 1 fully saturated rings. The van der Waals surface area contributed by atoms with Crippen molar-refractivity contribution in [2.45, 2.75) is 17.8 Å². The molecule has 1 aromatic heterocycles. The van der Waals surface area contributed by atoms with Crippen molar-refractivity contribution in [2.24, 2.45) is 10.2 Å². The first-order valence-electron chi connectivity index (χ1n) is 7.20. The van der Waals surface area contributed by atoms with E-state index in [-0.39, 0.29) is 12.3 Å². The lowest BCUT2D eigenvalue weighted by molar-refractivity contribution is -0.137. The van der Waals surface area contributed by atoms with Crippen LogP contribution in [0, 0.1) is 0 Å². The molecule has 1 N–H and O–H groups in total. The van der Waals surface area contributed by atoms with Crippen molar-refractivity contribution in [1.82, 2.24) is 5.32 Å². The number of rotatable bonds is 4. The van der Waals surface area contributed by atoms with Crippen LogP contribution in [0.2, 0.25) is 0 Å². The molecule has 1 atom stereocenters. The van der Waals surface area contributed by atoms with Gasteiger partial charge < -0.3 is 5.32 Å². The highest BCUT2D eigenvalue weighted by Crippen LogP contribution is 2.31. The predicted octanol–water partition coefficient (Wildman–Crippen LogP) is 3.93. The van der Waals surface area contributed by atoms with Crippen LogP contribution in [0.1, 0.15) is 16.0 Å². The molecule has 1 aliphatic rings. The summed E-state index contributed by atoms with van der Waals surface area (Å²) in [6.07, 6.45) is -2.64. The van der Waals surface area contributed by atoms with E-state index in [0.29, 0.717) is 10.7 Å². The molecule has 0 radical (unpaired) electrons. The Balaban J connectivity index is 1.65. The maximum Gasteiger partial charge on any atom is 0.416 e. The Morgan fingerprint density at radius 2 is 2.08 bits per heavy atom. The quantitative estimate of drug-likeness (QED) is 0.642. The van der Waals surface area contributed by atoms with Crippen LogP contribution in [-0.4, -0.2) is 22.5 Å². The molecular weight excluding hydrogens is 371 g/mol. The summed E-state index contributed by atoms with van der Waals surface area (Å²) in [6, 6.07) is 8.76. The van der Waals surface area contributed by atoms with Gasteiger partial charge in [-0.2, -0.15) is 18.3 Å². The van der Waals surface area contributed by atoms with Crippen LogP contribution in [-0.2, 0) is 17.4 Å². The minimum atomic E-state index is -4.40. The fraction of sp³-hybridized carbons (Fsp3) is 0.188. The molecule has 1 aromatic carbocycles. The summed E-state index contributed by atoms with van der Waals surface area (Å²) in [4.78, 5) is 12.9. The summed E-state index contributed by atoms with van der Waals surface area (Å²) in [7, 11) is 0. The molecule has 2 heterocycles. The SMILES string of the molecule is O=C1N/C(=N/N=C\c2cccs2)S[C@H]1Cc1cccc(C(F)(F)F)c1. The van der Waals surface area contributed by atoms with Crippen LogP contribution in [0.4, 0.5) is 13.2 Å². The average molecular weight is 383 g/mol. The van der Waals surface area contributed by atoms with Gasteiger partial charge in [-0.05, 0) is 29.5 Å². The van der Waals surface area contributed by atoms with Crippen LogP contribution in [0.15, 0.2) is 52.0 Å². The van der Waals surface area contributed by atoms with Crippen LogP contribution in [0.25, 0.3) is 0 Å².